The van der Waals surface area contributed by atoms with Crippen LogP contribution in [-0.2, 0) is 13.2 Å². The quantitative estimate of drug-likeness (QED) is 0.444. The van der Waals surface area contributed by atoms with Crippen molar-refractivity contribution >= 4 is 0 Å². The maximum absolute atomic E-state index is 6.09. The van der Waals surface area contributed by atoms with Crippen molar-refractivity contribution in [2.45, 2.75) is 71.6 Å². The van der Waals surface area contributed by atoms with Gasteiger partial charge in [0.2, 0.25) is 0 Å². The van der Waals surface area contributed by atoms with Crippen molar-refractivity contribution in [3.05, 3.63) is 59.4 Å². The minimum absolute atomic E-state index is 0.248. The summed E-state index contributed by atoms with van der Waals surface area (Å²) in [5, 5.41) is 16.0. The number of ether oxygens (including phenoxy) is 2. The van der Waals surface area contributed by atoms with Gasteiger partial charge in [-0.05, 0) is 116 Å². The molecule has 7 rings (SSSR count). The summed E-state index contributed by atoms with van der Waals surface area (Å²) in [6.45, 7) is 5.56. The monoisotopic (exact) mass is 487 g/mol. The van der Waals surface area contributed by atoms with E-state index in [-0.39, 0.29) is 6.61 Å². The summed E-state index contributed by atoms with van der Waals surface area (Å²) in [7, 11) is 1.69. The molecule has 4 saturated carbocycles. The molecule has 0 aliphatic heterocycles. The Labute approximate surface area is 213 Å². The van der Waals surface area contributed by atoms with Crippen molar-refractivity contribution in [1.82, 2.24) is 25.5 Å². The number of nitrogens with zero attached hydrogens (tertiary/aromatic N) is 4. The number of aryl methyl sites for hydroxylation is 1. The number of hydrogen-bond acceptors (Lipinski definition) is 6. The van der Waals surface area contributed by atoms with Crippen LogP contribution in [-0.4, -0.2) is 33.4 Å². The fourth-order valence-electron chi connectivity index (χ4n) is 7.46. The van der Waals surface area contributed by atoms with Crippen molar-refractivity contribution < 1.29 is 9.47 Å². The Balaban J connectivity index is 1.09. The van der Waals surface area contributed by atoms with E-state index in [2.05, 4.69) is 46.8 Å². The molecule has 3 aromatic rings. The Morgan fingerprint density at radius 2 is 1.69 bits per heavy atom. The van der Waals surface area contributed by atoms with Crippen LogP contribution in [0.15, 0.2) is 42.5 Å². The first-order chi connectivity index (χ1) is 17.5. The van der Waals surface area contributed by atoms with Crippen molar-refractivity contribution in [3.63, 3.8) is 0 Å². The second-order valence-corrected chi connectivity index (χ2v) is 11.5. The molecule has 1 N–H and O–H groups in total. The number of nitrogens with one attached hydrogen (secondary N) is 1. The van der Waals surface area contributed by atoms with E-state index >= 15 is 0 Å². The van der Waals surface area contributed by atoms with E-state index in [0.29, 0.717) is 23.0 Å². The first-order valence-electron chi connectivity index (χ1n) is 13.4. The molecule has 4 aliphatic rings. The Kier molecular flexibility index (Phi) is 6.20. The van der Waals surface area contributed by atoms with E-state index < -0.39 is 0 Å². The number of rotatable bonds is 9. The second-order valence-electron chi connectivity index (χ2n) is 11.5. The third kappa shape index (κ3) is 4.49. The van der Waals surface area contributed by atoms with Crippen LogP contribution in [0, 0.1) is 30.1 Å². The Morgan fingerprint density at radius 1 is 1.00 bits per heavy atom. The molecule has 190 valence electrons. The summed E-state index contributed by atoms with van der Waals surface area (Å²) in [5.41, 5.74) is 3.81. The maximum Gasteiger partial charge on any atom is 0.194 e. The molecule has 1 atom stereocenters. The molecule has 7 heteroatoms. The lowest BCUT2D eigenvalue weighted by atomic mass is 9.48. The molecule has 2 aromatic carbocycles. The van der Waals surface area contributed by atoms with E-state index in [0.717, 1.165) is 35.7 Å². The maximum atomic E-state index is 6.09. The Hall–Kier alpha value is -2.93. The van der Waals surface area contributed by atoms with E-state index in [1.807, 2.05) is 30.3 Å². The van der Waals surface area contributed by atoms with Gasteiger partial charge < -0.3 is 14.8 Å². The Morgan fingerprint density at radius 3 is 2.36 bits per heavy atom. The molecule has 4 fully saturated rings. The highest BCUT2D eigenvalue weighted by molar-refractivity contribution is 5.43. The van der Waals surface area contributed by atoms with Gasteiger partial charge in [-0.2, -0.15) is 4.68 Å². The minimum atomic E-state index is 0.248. The number of aromatic nitrogens is 4. The number of tetrazole rings is 1. The van der Waals surface area contributed by atoms with Gasteiger partial charge in [-0.15, -0.1) is 5.10 Å². The number of hydrogen-bond donors (Lipinski definition) is 1. The zero-order chi connectivity index (χ0) is 24.7. The van der Waals surface area contributed by atoms with Crippen molar-refractivity contribution in [3.8, 4) is 17.2 Å². The highest BCUT2D eigenvalue weighted by atomic mass is 16.5. The molecule has 0 radical (unpaired) electrons. The van der Waals surface area contributed by atoms with Crippen molar-refractivity contribution in [2.75, 3.05) is 7.11 Å². The number of methoxy groups -OCH3 is 1. The second kappa shape index (κ2) is 9.51. The molecule has 7 nitrogen and oxygen atoms in total. The average molecular weight is 488 g/mol. The zero-order valence-corrected chi connectivity index (χ0v) is 21.6. The molecule has 0 saturated heterocycles. The molecule has 0 amide bonds. The van der Waals surface area contributed by atoms with Crippen LogP contribution in [0.1, 0.15) is 62.4 Å². The Bertz CT molecular complexity index is 1170. The first-order valence-corrected chi connectivity index (χ1v) is 13.4. The molecule has 1 unspecified atom stereocenters. The molecule has 0 spiro atoms. The molecule has 1 heterocycles. The van der Waals surface area contributed by atoms with Crippen LogP contribution in [0.3, 0.4) is 0 Å². The van der Waals surface area contributed by atoms with Gasteiger partial charge >= 0.3 is 0 Å². The summed E-state index contributed by atoms with van der Waals surface area (Å²) < 4.78 is 13.5. The number of benzene rings is 2. The molecule has 36 heavy (non-hydrogen) atoms. The lowest BCUT2D eigenvalue weighted by molar-refractivity contribution is -0.0706. The summed E-state index contributed by atoms with van der Waals surface area (Å²) in [6, 6.07) is 14.8. The third-order valence-corrected chi connectivity index (χ3v) is 9.01. The lowest BCUT2D eigenvalue weighted by Gasteiger charge is -2.59. The molecule has 4 aliphatic carbocycles. The van der Waals surface area contributed by atoms with Gasteiger partial charge in [-0.25, -0.2) is 0 Å². The summed E-state index contributed by atoms with van der Waals surface area (Å²) in [5.74, 6) is 4.98. The fraction of sp³-hybridized carbons (Fsp3) is 0.552. The van der Waals surface area contributed by atoms with Gasteiger partial charge in [0.05, 0.1) is 12.8 Å². The SMILES string of the molecule is COc1cc(CNC(C)C23CC4CC(CC(C4)C2)C3)ccc1OCc1nnnn1-c1ccc(C)cc1. The molecular formula is C29H37N5O2. The first kappa shape index (κ1) is 23.5. The van der Waals surface area contributed by atoms with Gasteiger partial charge in [-0.3, -0.25) is 0 Å². The van der Waals surface area contributed by atoms with Crippen molar-refractivity contribution in [1.29, 1.82) is 0 Å². The van der Waals surface area contributed by atoms with Gasteiger partial charge in [0.25, 0.3) is 0 Å². The van der Waals surface area contributed by atoms with Crippen LogP contribution >= 0.6 is 0 Å². The predicted molar refractivity (Wildman–Crippen MR) is 138 cm³/mol. The van der Waals surface area contributed by atoms with Crippen LogP contribution in [0.2, 0.25) is 0 Å². The third-order valence-electron chi connectivity index (χ3n) is 9.01. The predicted octanol–water partition coefficient (Wildman–Crippen LogP) is 5.25. The van der Waals surface area contributed by atoms with Gasteiger partial charge in [0.15, 0.2) is 23.9 Å². The van der Waals surface area contributed by atoms with Crippen LogP contribution in [0.4, 0.5) is 0 Å². The fourth-order valence-corrected chi connectivity index (χ4v) is 7.46. The van der Waals surface area contributed by atoms with Crippen LogP contribution in [0.25, 0.3) is 5.69 Å². The normalized spacial score (nSPS) is 27.2. The van der Waals surface area contributed by atoms with Crippen LogP contribution in [0.5, 0.6) is 11.5 Å². The van der Waals surface area contributed by atoms with Gasteiger partial charge in [0.1, 0.15) is 0 Å². The summed E-state index contributed by atoms with van der Waals surface area (Å²) >= 11 is 0. The molecule has 1 aromatic heterocycles. The van der Waals surface area contributed by atoms with E-state index in [4.69, 9.17) is 9.47 Å². The molecular weight excluding hydrogens is 450 g/mol. The minimum Gasteiger partial charge on any atom is -0.493 e. The lowest BCUT2D eigenvalue weighted by Crippen LogP contribution is -2.54. The summed E-state index contributed by atoms with van der Waals surface area (Å²) in [4.78, 5) is 0. The van der Waals surface area contributed by atoms with E-state index in [9.17, 15) is 0 Å². The van der Waals surface area contributed by atoms with E-state index in [1.54, 1.807) is 11.8 Å². The highest BCUT2D eigenvalue weighted by Crippen LogP contribution is 2.61. The van der Waals surface area contributed by atoms with Gasteiger partial charge in [-0.1, -0.05) is 23.8 Å². The summed E-state index contributed by atoms with van der Waals surface area (Å²) in [6.07, 6.45) is 8.73. The zero-order valence-electron chi connectivity index (χ0n) is 21.6. The largest absolute Gasteiger partial charge is 0.493 e. The van der Waals surface area contributed by atoms with Crippen molar-refractivity contribution in [2.24, 2.45) is 23.2 Å². The van der Waals surface area contributed by atoms with Gasteiger partial charge in [0, 0.05) is 12.6 Å². The smallest absolute Gasteiger partial charge is 0.194 e. The average Bonchev–Trinajstić information content (AvgIpc) is 3.34. The molecule has 4 bridgehead atoms. The topological polar surface area (TPSA) is 74.1 Å². The van der Waals surface area contributed by atoms with E-state index in [1.165, 1.54) is 49.7 Å². The standard InChI is InChI=1S/C29H37N5O2/c1-19-4-7-25(8-5-19)34-28(31-32-33-34)18-36-26-9-6-21(13-27(26)35-3)17-30-20(2)29-14-22-10-23(15-29)12-24(11-22)16-29/h4-9,13,20,22-24,30H,10-12,14-18H2,1-3H3. The highest BCUT2D eigenvalue weighted by Gasteiger charge is 2.52. The van der Waals surface area contributed by atoms with Crippen LogP contribution < -0.4 is 14.8 Å².